The summed E-state index contributed by atoms with van der Waals surface area (Å²) in [4.78, 5) is 0. The van der Waals surface area contributed by atoms with E-state index in [1.54, 1.807) is 0 Å². The molecular formula is C28H27ClN2. The Bertz CT molecular complexity index is 1050. The predicted octanol–water partition coefficient (Wildman–Crippen LogP) is 3.27. The molecule has 0 bridgehead atoms. The highest BCUT2D eigenvalue weighted by molar-refractivity contribution is 6.04. The summed E-state index contributed by atoms with van der Waals surface area (Å²) in [7, 11) is 0. The summed E-state index contributed by atoms with van der Waals surface area (Å²) in [6, 6.07) is 40.4. The van der Waals surface area contributed by atoms with Crippen molar-refractivity contribution in [3.05, 3.63) is 138 Å². The Balaban J connectivity index is 0.00000272. The van der Waals surface area contributed by atoms with Gasteiger partial charge in [-0.2, -0.15) is 0 Å². The van der Waals surface area contributed by atoms with Gasteiger partial charge >= 0.3 is 0 Å². The number of amidine groups is 1. The van der Waals surface area contributed by atoms with E-state index in [1.165, 1.54) is 22.3 Å². The van der Waals surface area contributed by atoms with E-state index in [2.05, 4.69) is 132 Å². The van der Waals surface area contributed by atoms with Gasteiger partial charge in [0.2, 0.25) is 0 Å². The molecule has 2 nitrogen and oxygen atoms in total. The molecule has 0 aromatic heterocycles. The molecule has 4 aromatic carbocycles. The van der Waals surface area contributed by atoms with E-state index >= 15 is 0 Å². The molecule has 0 atom stereocenters. The SMILES string of the molecule is Cc1ccc(NC(c2ccccc2)=[N+](Cc2ccccc2)Cc2ccccc2)cc1.[Cl-]. The second-order valence-electron chi connectivity index (χ2n) is 7.53. The average Bonchev–Trinajstić information content (AvgIpc) is 2.80. The molecule has 31 heavy (non-hydrogen) atoms. The number of benzene rings is 4. The van der Waals surface area contributed by atoms with Crippen molar-refractivity contribution in [2.45, 2.75) is 20.0 Å². The van der Waals surface area contributed by atoms with Crippen LogP contribution in [0.4, 0.5) is 5.69 Å². The molecular weight excluding hydrogens is 400 g/mol. The Hall–Kier alpha value is -3.36. The third-order valence-electron chi connectivity index (χ3n) is 5.11. The van der Waals surface area contributed by atoms with Crippen LogP contribution in [0.1, 0.15) is 22.3 Å². The molecule has 0 aliphatic heterocycles. The van der Waals surface area contributed by atoms with E-state index < -0.39 is 0 Å². The molecule has 0 saturated carbocycles. The number of hydrogen-bond donors (Lipinski definition) is 1. The lowest BCUT2D eigenvalue weighted by Gasteiger charge is -2.15. The van der Waals surface area contributed by atoms with Crippen LogP contribution in [0.15, 0.2) is 115 Å². The maximum Gasteiger partial charge on any atom is 0.282 e. The Morgan fingerprint density at radius 1 is 0.613 bits per heavy atom. The van der Waals surface area contributed by atoms with Crippen LogP contribution in [0.25, 0.3) is 0 Å². The first kappa shape index (κ1) is 22.3. The summed E-state index contributed by atoms with van der Waals surface area (Å²) >= 11 is 0. The van der Waals surface area contributed by atoms with E-state index in [1.807, 2.05) is 0 Å². The van der Waals surface area contributed by atoms with Crippen molar-refractivity contribution in [1.82, 2.24) is 0 Å². The minimum Gasteiger partial charge on any atom is -1.00 e. The van der Waals surface area contributed by atoms with Gasteiger partial charge in [0.15, 0.2) is 0 Å². The zero-order chi connectivity index (χ0) is 20.6. The van der Waals surface area contributed by atoms with Gasteiger partial charge in [0.1, 0.15) is 18.8 Å². The van der Waals surface area contributed by atoms with Crippen LogP contribution in [0.3, 0.4) is 0 Å². The number of rotatable bonds is 6. The predicted molar refractivity (Wildman–Crippen MR) is 126 cm³/mol. The third kappa shape index (κ3) is 6.31. The van der Waals surface area contributed by atoms with Crippen molar-refractivity contribution in [2.24, 2.45) is 0 Å². The van der Waals surface area contributed by atoms with Crippen molar-refractivity contribution in [2.75, 3.05) is 5.32 Å². The van der Waals surface area contributed by atoms with Crippen molar-refractivity contribution in [1.29, 1.82) is 0 Å². The largest absolute Gasteiger partial charge is 1.00 e. The molecule has 0 spiro atoms. The number of nitrogens with one attached hydrogen (secondary N) is 1. The second kappa shape index (κ2) is 11.1. The number of halogens is 1. The topological polar surface area (TPSA) is 15.0 Å². The zero-order valence-corrected chi connectivity index (χ0v) is 18.5. The van der Waals surface area contributed by atoms with E-state index in [0.29, 0.717) is 0 Å². The summed E-state index contributed by atoms with van der Waals surface area (Å²) in [5.41, 5.74) is 6.09. The summed E-state index contributed by atoms with van der Waals surface area (Å²) in [5.74, 6) is 1.10. The number of nitrogens with zero attached hydrogens (tertiary/aromatic N) is 1. The lowest BCUT2D eigenvalue weighted by Crippen LogP contribution is -3.00. The van der Waals surface area contributed by atoms with Crippen LogP contribution < -0.4 is 17.7 Å². The fourth-order valence-electron chi connectivity index (χ4n) is 3.53. The fraction of sp³-hybridized carbons (Fsp3) is 0.107. The molecule has 4 aromatic rings. The molecule has 156 valence electrons. The first-order valence-corrected chi connectivity index (χ1v) is 10.4. The first-order chi connectivity index (χ1) is 14.8. The van der Waals surface area contributed by atoms with Crippen LogP contribution in [-0.4, -0.2) is 10.4 Å². The van der Waals surface area contributed by atoms with Crippen molar-refractivity contribution in [3.8, 4) is 0 Å². The maximum absolute atomic E-state index is 3.71. The highest BCUT2D eigenvalue weighted by atomic mass is 35.5. The van der Waals surface area contributed by atoms with Crippen LogP contribution in [0, 0.1) is 6.92 Å². The standard InChI is InChI=1S/C28H26N2.ClH/c1-23-17-19-27(20-18-23)29-28(26-15-9-4-10-16-26)30(21-24-11-5-2-6-12-24)22-25-13-7-3-8-14-25;/h2-20H,21-22H2,1H3;1H. The highest BCUT2D eigenvalue weighted by Gasteiger charge is 2.18. The Morgan fingerprint density at radius 2 is 1.06 bits per heavy atom. The number of anilines is 1. The van der Waals surface area contributed by atoms with Crippen LogP contribution in [-0.2, 0) is 13.1 Å². The first-order valence-electron chi connectivity index (χ1n) is 10.4. The molecule has 0 aliphatic carbocycles. The number of hydrogen-bond acceptors (Lipinski definition) is 0. The zero-order valence-electron chi connectivity index (χ0n) is 17.7. The summed E-state index contributed by atoms with van der Waals surface area (Å²) < 4.78 is 2.42. The molecule has 0 fully saturated rings. The fourth-order valence-corrected chi connectivity index (χ4v) is 3.53. The minimum absolute atomic E-state index is 0. The van der Waals surface area contributed by atoms with Crippen molar-refractivity contribution in [3.63, 3.8) is 0 Å². The molecule has 0 unspecified atom stereocenters. The third-order valence-corrected chi connectivity index (χ3v) is 5.11. The quantitative estimate of drug-likeness (QED) is 0.284. The highest BCUT2D eigenvalue weighted by Crippen LogP contribution is 2.14. The number of aryl methyl sites for hydroxylation is 1. The smallest absolute Gasteiger partial charge is 0.282 e. The molecule has 0 heterocycles. The molecule has 0 saturated heterocycles. The molecule has 1 N–H and O–H groups in total. The van der Waals surface area contributed by atoms with Gasteiger partial charge < -0.3 is 12.4 Å². The van der Waals surface area contributed by atoms with Gasteiger partial charge in [-0.15, -0.1) is 0 Å². The van der Waals surface area contributed by atoms with Crippen molar-refractivity contribution < 1.29 is 17.0 Å². The van der Waals surface area contributed by atoms with Gasteiger partial charge in [0.25, 0.3) is 5.84 Å². The maximum atomic E-state index is 3.71. The normalized spacial score (nSPS) is 10.1. The summed E-state index contributed by atoms with van der Waals surface area (Å²) in [5, 5.41) is 3.71. The Kier molecular flexibility index (Phi) is 8.03. The molecule has 3 heteroatoms. The molecule has 0 aliphatic rings. The Labute approximate surface area is 191 Å². The lowest BCUT2D eigenvalue weighted by molar-refractivity contribution is -0.559. The van der Waals surface area contributed by atoms with Gasteiger partial charge in [-0.25, -0.2) is 5.32 Å². The molecule has 0 amide bonds. The van der Waals surface area contributed by atoms with E-state index in [4.69, 9.17) is 0 Å². The van der Waals surface area contributed by atoms with Crippen LogP contribution in [0.2, 0.25) is 0 Å². The summed E-state index contributed by atoms with van der Waals surface area (Å²) in [6.45, 7) is 3.75. The second-order valence-corrected chi connectivity index (χ2v) is 7.53. The lowest BCUT2D eigenvalue weighted by atomic mass is 10.1. The summed E-state index contributed by atoms with van der Waals surface area (Å²) in [6.07, 6.45) is 0. The van der Waals surface area contributed by atoms with E-state index in [9.17, 15) is 0 Å². The van der Waals surface area contributed by atoms with Crippen molar-refractivity contribution >= 4 is 11.5 Å². The molecule has 0 radical (unpaired) electrons. The van der Waals surface area contributed by atoms with Gasteiger partial charge in [0, 0.05) is 0 Å². The monoisotopic (exact) mass is 426 g/mol. The molecule has 4 rings (SSSR count). The average molecular weight is 427 g/mol. The van der Waals surface area contributed by atoms with Crippen LogP contribution in [0.5, 0.6) is 0 Å². The van der Waals surface area contributed by atoms with E-state index in [0.717, 1.165) is 24.6 Å². The van der Waals surface area contributed by atoms with E-state index in [-0.39, 0.29) is 12.4 Å². The van der Waals surface area contributed by atoms with Gasteiger partial charge in [-0.3, -0.25) is 4.58 Å². The van der Waals surface area contributed by atoms with Gasteiger partial charge in [0.05, 0.1) is 5.56 Å². The van der Waals surface area contributed by atoms with Crippen LogP contribution >= 0.6 is 0 Å². The van der Waals surface area contributed by atoms with Gasteiger partial charge in [-0.05, 0) is 42.3 Å². The minimum atomic E-state index is 0. The van der Waals surface area contributed by atoms with Gasteiger partial charge in [-0.1, -0.05) is 96.6 Å². The Morgan fingerprint density at radius 3 is 1.55 bits per heavy atom.